The molecule has 11 heavy (non-hydrogen) atoms. The molecule has 0 aliphatic heterocycles. The van der Waals surface area contributed by atoms with Gasteiger partial charge in [-0.25, -0.2) is 0 Å². The van der Waals surface area contributed by atoms with Crippen LogP contribution < -0.4 is 5.32 Å². The largest absolute Gasteiger partial charge is 0.468 e. The van der Waals surface area contributed by atoms with Crippen LogP contribution in [0.2, 0.25) is 0 Å². The van der Waals surface area contributed by atoms with Gasteiger partial charge >= 0.3 is 5.97 Å². The summed E-state index contributed by atoms with van der Waals surface area (Å²) in [5.74, 6) is 0.632. The van der Waals surface area contributed by atoms with Crippen molar-refractivity contribution in [1.82, 2.24) is 5.32 Å². The standard InChI is InChI=1S/C8H15NO2/c1-6(8(10)11-2)9-5-7-3-4-7/h6-7,9H,3-5H2,1-2H3. The maximum atomic E-state index is 10.9. The minimum atomic E-state index is -0.175. The lowest BCUT2D eigenvalue weighted by Crippen LogP contribution is -2.35. The molecule has 0 amide bonds. The van der Waals surface area contributed by atoms with E-state index in [0.29, 0.717) is 0 Å². The summed E-state index contributed by atoms with van der Waals surface area (Å²) in [5.41, 5.74) is 0. The zero-order chi connectivity index (χ0) is 8.27. The SMILES string of the molecule is COC(=O)C(C)NCC1CC1. The van der Waals surface area contributed by atoms with Gasteiger partial charge in [0.25, 0.3) is 0 Å². The highest BCUT2D eigenvalue weighted by atomic mass is 16.5. The van der Waals surface area contributed by atoms with E-state index in [0.717, 1.165) is 12.5 Å². The normalized spacial score (nSPS) is 19.5. The molecule has 1 atom stereocenters. The van der Waals surface area contributed by atoms with Crippen LogP contribution in [0, 0.1) is 5.92 Å². The van der Waals surface area contributed by atoms with Gasteiger partial charge in [0.2, 0.25) is 0 Å². The summed E-state index contributed by atoms with van der Waals surface area (Å²) in [7, 11) is 1.41. The van der Waals surface area contributed by atoms with Gasteiger partial charge in [-0.15, -0.1) is 0 Å². The van der Waals surface area contributed by atoms with Gasteiger partial charge < -0.3 is 10.1 Å². The summed E-state index contributed by atoms with van der Waals surface area (Å²) >= 11 is 0. The minimum absolute atomic E-state index is 0.152. The Kier molecular flexibility index (Phi) is 2.88. The third kappa shape index (κ3) is 2.89. The number of esters is 1. The van der Waals surface area contributed by atoms with E-state index >= 15 is 0 Å². The Hall–Kier alpha value is -0.570. The smallest absolute Gasteiger partial charge is 0.322 e. The molecule has 3 nitrogen and oxygen atoms in total. The Balaban J connectivity index is 2.08. The van der Waals surface area contributed by atoms with E-state index in [2.05, 4.69) is 10.1 Å². The fourth-order valence-corrected chi connectivity index (χ4v) is 0.926. The van der Waals surface area contributed by atoms with Crippen molar-refractivity contribution in [3.8, 4) is 0 Å². The average Bonchev–Trinajstić information content (AvgIpc) is 2.81. The van der Waals surface area contributed by atoms with Crippen molar-refractivity contribution in [1.29, 1.82) is 0 Å². The fourth-order valence-electron chi connectivity index (χ4n) is 0.926. The highest BCUT2D eigenvalue weighted by molar-refractivity contribution is 5.75. The second-order valence-corrected chi connectivity index (χ2v) is 3.10. The van der Waals surface area contributed by atoms with Gasteiger partial charge in [0, 0.05) is 0 Å². The summed E-state index contributed by atoms with van der Waals surface area (Å²) in [6, 6.07) is -0.152. The second-order valence-electron chi connectivity index (χ2n) is 3.10. The summed E-state index contributed by atoms with van der Waals surface area (Å²) in [6.45, 7) is 2.78. The van der Waals surface area contributed by atoms with Gasteiger partial charge in [0.15, 0.2) is 0 Å². The molecule has 1 saturated carbocycles. The molecule has 64 valence electrons. The minimum Gasteiger partial charge on any atom is -0.468 e. The van der Waals surface area contributed by atoms with Crippen molar-refractivity contribution in [2.45, 2.75) is 25.8 Å². The molecule has 1 rings (SSSR count). The van der Waals surface area contributed by atoms with E-state index in [1.165, 1.54) is 20.0 Å². The first kappa shape index (κ1) is 8.53. The molecule has 3 heteroatoms. The molecular formula is C8H15NO2. The Morgan fingerprint density at radius 2 is 2.36 bits per heavy atom. The molecule has 0 spiro atoms. The predicted octanol–water partition coefficient (Wildman–Crippen LogP) is 0.547. The van der Waals surface area contributed by atoms with Gasteiger partial charge in [-0.2, -0.15) is 0 Å². The highest BCUT2D eigenvalue weighted by Crippen LogP contribution is 2.27. The maximum absolute atomic E-state index is 10.9. The topological polar surface area (TPSA) is 38.3 Å². The number of nitrogens with one attached hydrogen (secondary N) is 1. The molecule has 0 radical (unpaired) electrons. The zero-order valence-electron chi connectivity index (χ0n) is 7.09. The second kappa shape index (κ2) is 3.72. The van der Waals surface area contributed by atoms with Crippen LogP contribution >= 0.6 is 0 Å². The molecule has 0 heterocycles. The molecule has 1 fully saturated rings. The van der Waals surface area contributed by atoms with Crippen LogP contribution in [-0.4, -0.2) is 25.7 Å². The van der Waals surface area contributed by atoms with E-state index in [1.807, 2.05) is 6.92 Å². The van der Waals surface area contributed by atoms with Crippen molar-refractivity contribution >= 4 is 5.97 Å². The molecule has 1 aliphatic carbocycles. The third-order valence-electron chi connectivity index (χ3n) is 1.96. The molecule has 0 aromatic carbocycles. The van der Waals surface area contributed by atoms with Gasteiger partial charge in [0.05, 0.1) is 7.11 Å². The molecule has 1 N–H and O–H groups in total. The van der Waals surface area contributed by atoms with Crippen molar-refractivity contribution in [3.63, 3.8) is 0 Å². The lowest BCUT2D eigenvalue weighted by Gasteiger charge is -2.09. The van der Waals surface area contributed by atoms with Crippen LogP contribution in [0.15, 0.2) is 0 Å². The number of carbonyl (C=O) groups excluding carboxylic acids is 1. The zero-order valence-corrected chi connectivity index (χ0v) is 7.09. The monoisotopic (exact) mass is 157 g/mol. The number of carbonyl (C=O) groups is 1. The first-order valence-electron chi connectivity index (χ1n) is 4.05. The van der Waals surface area contributed by atoms with Crippen LogP contribution in [0.5, 0.6) is 0 Å². The Bertz CT molecular complexity index is 143. The number of ether oxygens (including phenoxy) is 1. The molecule has 0 aromatic rings. The average molecular weight is 157 g/mol. The van der Waals surface area contributed by atoms with Gasteiger partial charge in [-0.05, 0) is 32.2 Å². The van der Waals surface area contributed by atoms with E-state index in [1.54, 1.807) is 0 Å². The lowest BCUT2D eigenvalue weighted by molar-refractivity contribution is -0.142. The first-order chi connectivity index (χ1) is 5.24. The molecule has 0 saturated heterocycles. The highest BCUT2D eigenvalue weighted by Gasteiger charge is 2.22. The van der Waals surface area contributed by atoms with Crippen molar-refractivity contribution in [2.75, 3.05) is 13.7 Å². The van der Waals surface area contributed by atoms with Crippen molar-refractivity contribution < 1.29 is 9.53 Å². The Labute approximate surface area is 67.1 Å². The fraction of sp³-hybridized carbons (Fsp3) is 0.875. The maximum Gasteiger partial charge on any atom is 0.322 e. The number of rotatable bonds is 4. The molecule has 1 aliphatic rings. The molecule has 0 aromatic heterocycles. The Morgan fingerprint density at radius 3 is 2.82 bits per heavy atom. The summed E-state index contributed by atoms with van der Waals surface area (Å²) < 4.78 is 4.56. The third-order valence-corrected chi connectivity index (χ3v) is 1.96. The lowest BCUT2D eigenvalue weighted by atomic mass is 10.3. The van der Waals surface area contributed by atoms with Crippen LogP contribution in [0.4, 0.5) is 0 Å². The number of hydrogen-bond donors (Lipinski definition) is 1. The van der Waals surface area contributed by atoms with E-state index in [9.17, 15) is 4.79 Å². The number of hydrogen-bond acceptors (Lipinski definition) is 3. The summed E-state index contributed by atoms with van der Waals surface area (Å²) in [6.07, 6.45) is 2.61. The Morgan fingerprint density at radius 1 is 1.73 bits per heavy atom. The molecule has 0 bridgehead atoms. The van der Waals surface area contributed by atoms with Gasteiger partial charge in [0.1, 0.15) is 6.04 Å². The van der Waals surface area contributed by atoms with E-state index in [4.69, 9.17) is 0 Å². The van der Waals surface area contributed by atoms with Crippen LogP contribution in [0.3, 0.4) is 0 Å². The quantitative estimate of drug-likeness (QED) is 0.605. The van der Waals surface area contributed by atoms with Gasteiger partial charge in [-0.1, -0.05) is 0 Å². The molecular weight excluding hydrogens is 142 g/mol. The number of methoxy groups -OCH3 is 1. The van der Waals surface area contributed by atoms with E-state index < -0.39 is 0 Å². The van der Waals surface area contributed by atoms with E-state index in [-0.39, 0.29) is 12.0 Å². The van der Waals surface area contributed by atoms with Crippen LogP contribution in [0.1, 0.15) is 19.8 Å². The molecule has 1 unspecified atom stereocenters. The van der Waals surface area contributed by atoms with Crippen LogP contribution in [-0.2, 0) is 9.53 Å². The summed E-state index contributed by atoms with van der Waals surface area (Å²) in [5, 5.41) is 3.12. The first-order valence-corrected chi connectivity index (χ1v) is 4.05. The van der Waals surface area contributed by atoms with Crippen molar-refractivity contribution in [2.24, 2.45) is 5.92 Å². The van der Waals surface area contributed by atoms with Crippen molar-refractivity contribution in [3.05, 3.63) is 0 Å². The van der Waals surface area contributed by atoms with Crippen LogP contribution in [0.25, 0.3) is 0 Å². The summed E-state index contributed by atoms with van der Waals surface area (Å²) in [4.78, 5) is 10.9. The van der Waals surface area contributed by atoms with Gasteiger partial charge in [-0.3, -0.25) is 4.79 Å². The predicted molar refractivity (Wildman–Crippen MR) is 42.2 cm³/mol.